The summed E-state index contributed by atoms with van der Waals surface area (Å²) < 4.78 is 6.60. The smallest absolute Gasteiger partial charge is 0.237 e. The molecule has 0 atom stereocenters. The van der Waals surface area contributed by atoms with Crippen LogP contribution >= 0.6 is 15.9 Å². The maximum Gasteiger partial charge on any atom is 0.237 e. The Labute approximate surface area is 114 Å². The van der Waals surface area contributed by atoms with Crippen molar-refractivity contribution in [3.63, 3.8) is 0 Å². The van der Waals surface area contributed by atoms with Crippen LogP contribution in [0.25, 0.3) is 0 Å². The minimum Gasteiger partial charge on any atom is -0.438 e. The van der Waals surface area contributed by atoms with Gasteiger partial charge in [0.2, 0.25) is 5.88 Å². The number of nitrogens with zero attached hydrogens (tertiary/aromatic N) is 2. The molecule has 2 rings (SSSR count). The Hall–Kier alpha value is -1.86. The molecule has 1 aromatic heterocycles. The Morgan fingerprint density at radius 2 is 2.06 bits per heavy atom. The molecular weight excluding hydrogens is 292 g/mol. The number of rotatable bonds is 2. The molecule has 1 aromatic carbocycles. The number of hydrogen-bond donors (Lipinski definition) is 0. The summed E-state index contributed by atoms with van der Waals surface area (Å²) in [5.41, 5.74) is 2.17. The fourth-order valence-electron chi connectivity index (χ4n) is 1.65. The van der Waals surface area contributed by atoms with Gasteiger partial charge in [-0.05, 0) is 43.7 Å². The van der Waals surface area contributed by atoms with E-state index in [0.717, 1.165) is 15.7 Å². The van der Waals surface area contributed by atoms with Crippen LogP contribution in [0.4, 0.5) is 0 Å². The normalized spacial score (nSPS) is 9.89. The molecule has 0 saturated heterocycles. The highest BCUT2D eigenvalue weighted by molar-refractivity contribution is 9.10. The molecule has 0 unspecified atom stereocenters. The average molecular weight is 303 g/mol. The number of ether oxygens (including phenoxy) is 1. The summed E-state index contributed by atoms with van der Waals surface area (Å²) >= 11 is 3.37. The number of benzene rings is 1. The predicted molar refractivity (Wildman–Crippen MR) is 72.6 cm³/mol. The number of aryl methyl sites for hydroxylation is 2. The zero-order valence-corrected chi connectivity index (χ0v) is 11.7. The molecule has 2 aromatic rings. The van der Waals surface area contributed by atoms with E-state index in [1.165, 1.54) is 0 Å². The monoisotopic (exact) mass is 302 g/mol. The van der Waals surface area contributed by atoms with E-state index in [2.05, 4.69) is 27.0 Å². The lowest BCUT2D eigenvalue weighted by atomic mass is 10.1. The van der Waals surface area contributed by atoms with Gasteiger partial charge in [0.05, 0.1) is 0 Å². The lowest BCUT2D eigenvalue weighted by Gasteiger charge is -2.09. The van der Waals surface area contributed by atoms with Gasteiger partial charge in [-0.3, -0.25) is 0 Å². The molecule has 90 valence electrons. The van der Waals surface area contributed by atoms with Gasteiger partial charge in [0.15, 0.2) is 0 Å². The minimum absolute atomic E-state index is 0.355. The molecule has 0 fully saturated rings. The zero-order valence-electron chi connectivity index (χ0n) is 10.1. The number of pyridine rings is 1. The Morgan fingerprint density at radius 3 is 2.72 bits per heavy atom. The molecule has 0 spiro atoms. The lowest BCUT2D eigenvalue weighted by molar-refractivity contribution is 0.459. The van der Waals surface area contributed by atoms with Crippen LogP contribution in [0, 0.1) is 25.2 Å². The second-order valence-corrected chi connectivity index (χ2v) is 4.85. The summed E-state index contributed by atoms with van der Waals surface area (Å²) in [5.74, 6) is 1.01. The molecule has 0 radical (unpaired) electrons. The first-order valence-corrected chi connectivity index (χ1v) is 6.21. The highest BCUT2D eigenvalue weighted by Gasteiger charge is 2.10. The molecule has 0 amide bonds. The summed E-state index contributed by atoms with van der Waals surface area (Å²) in [5, 5.41) is 9.14. The fourth-order valence-corrected chi connectivity index (χ4v) is 2.03. The van der Waals surface area contributed by atoms with E-state index in [1.54, 1.807) is 0 Å². The van der Waals surface area contributed by atoms with Crippen molar-refractivity contribution in [1.82, 2.24) is 4.98 Å². The summed E-state index contributed by atoms with van der Waals surface area (Å²) in [6, 6.07) is 11.4. The Bertz CT molecular complexity index is 632. The molecule has 0 saturated carbocycles. The summed E-state index contributed by atoms with van der Waals surface area (Å²) in [7, 11) is 0. The molecule has 1 heterocycles. The highest BCUT2D eigenvalue weighted by atomic mass is 79.9. The van der Waals surface area contributed by atoms with E-state index in [-0.39, 0.29) is 0 Å². The van der Waals surface area contributed by atoms with Crippen molar-refractivity contribution in [2.24, 2.45) is 0 Å². The second-order valence-electron chi connectivity index (χ2n) is 3.93. The van der Waals surface area contributed by atoms with E-state index in [0.29, 0.717) is 17.2 Å². The first-order chi connectivity index (χ1) is 8.60. The van der Waals surface area contributed by atoms with E-state index in [4.69, 9.17) is 10.00 Å². The van der Waals surface area contributed by atoms with Gasteiger partial charge in [-0.15, -0.1) is 0 Å². The largest absolute Gasteiger partial charge is 0.438 e. The first-order valence-electron chi connectivity index (χ1n) is 5.42. The third-order valence-corrected chi connectivity index (χ3v) is 2.93. The molecule has 4 heteroatoms. The van der Waals surface area contributed by atoms with Gasteiger partial charge in [-0.1, -0.05) is 22.0 Å². The predicted octanol–water partition coefficient (Wildman–Crippen LogP) is 4.12. The number of halogens is 1. The standard InChI is InChI=1S/C14H11BrN2O/c1-9-6-10(2)17-14(13(9)8-16)18-12-5-3-4-11(15)7-12/h3-7H,1-2H3. The van der Waals surface area contributed by atoms with Crippen LogP contribution in [-0.4, -0.2) is 4.98 Å². The Balaban J connectivity index is 2.43. The topological polar surface area (TPSA) is 45.9 Å². The van der Waals surface area contributed by atoms with Crippen molar-refractivity contribution in [2.45, 2.75) is 13.8 Å². The van der Waals surface area contributed by atoms with Crippen molar-refractivity contribution >= 4 is 15.9 Å². The molecule has 0 aliphatic carbocycles. The summed E-state index contributed by atoms with van der Waals surface area (Å²) in [6.07, 6.45) is 0. The lowest BCUT2D eigenvalue weighted by Crippen LogP contribution is -1.96. The summed E-state index contributed by atoms with van der Waals surface area (Å²) in [6.45, 7) is 3.75. The maximum absolute atomic E-state index is 9.14. The third kappa shape index (κ3) is 2.69. The van der Waals surface area contributed by atoms with Gasteiger partial charge in [0, 0.05) is 10.2 Å². The van der Waals surface area contributed by atoms with E-state index in [9.17, 15) is 0 Å². The molecule has 18 heavy (non-hydrogen) atoms. The van der Waals surface area contributed by atoms with Crippen LogP contribution in [0.1, 0.15) is 16.8 Å². The third-order valence-electron chi connectivity index (χ3n) is 2.43. The van der Waals surface area contributed by atoms with Gasteiger partial charge in [-0.2, -0.15) is 5.26 Å². The minimum atomic E-state index is 0.355. The van der Waals surface area contributed by atoms with E-state index >= 15 is 0 Å². The Kier molecular flexibility index (Phi) is 3.63. The van der Waals surface area contributed by atoms with E-state index < -0.39 is 0 Å². The van der Waals surface area contributed by atoms with Crippen molar-refractivity contribution < 1.29 is 4.74 Å². The quantitative estimate of drug-likeness (QED) is 0.838. The number of nitriles is 1. The molecule has 3 nitrogen and oxygen atoms in total. The van der Waals surface area contributed by atoms with Crippen LogP contribution < -0.4 is 4.74 Å². The van der Waals surface area contributed by atoms with Crippen molar-refractivity contribution in [1.29, 1.82) is 5.26 Å². The highest BCUT2D eigenvalue weighted by Crippen LogP contribution is 2.27. The van der Waals surface area contributed by atoms with Crippen molar-refractivity contribution in [3.8, 4) is 17.7 Å². The number of aromatic nitrogens is 1. The molecule has 0 N–H and O–H groups in total. The first kappa shape index (κ1) is 12.6. The van der Waals surface area contributed by atoms with Gasteiger partial charge < -0.3 is 4.74 Å². The van der Waals surface area contributed by atoms with Crippen LogP contribution in [0.5, 0.6) is 11.6 Å². The zero-order chi connectivity index (χ0) is 13.1. The molecule has 0 bridgehead atoms. The van der Waals surface area contributed by atoms with E-state index in [1.807, 2.05) is 44.2 Å². The van der Waals surface area contributed by atoms with Crippen LogP contribution in [0.2, 0.25) is 0 Å². The van der Waals surface area contributed by atoms with Crippen LogP contribution in [0.15, 0.2) is 34.8 Å². The molecule has 0 aliphatic rings. The average Bonchev–Trinajstić information content (AvgIpc) is 2.28. The molecular formula is C14H11BrN2O. The van der Waals surface area contributed by atoms with Gasteiger partial charge >= 0.3 is 0 Å². The SMILES string of the molecule is Cc1cc(C)c(C#N)c(Oc2cccc(Br)c2)n1. The Morgan fingerprint density at radius 1 is 1.28 bits per heavy atom. The second kappa shape index (κ2) is 5.19. The molecule has 0 aliphatic heterocycles. The van der Waals surface area contributed by atoms with Crippen molar-refractivity contribution in [2.75, 3.05) is 0 Å². The number of hydrogen-bond acceptors (Lipinski definition) is 3. The van der Waals surface area contributed by atoms with Gasteiger partial charge in [0.1, 0.15) is 17.4 Å². The van der Waals surface area contributed by atoms with Crippen LogP contribution in [-0.2, 0) is 0 Å². The van der Waals surface area contributed by atoms with Crippen LogP contribution in [0.3, 0.4) is 0 Å². The van der Waals surface area contributed by atoms with Gasteiger partial charge in [-0.25, -0.2) is 4.98 Å². The fraction of sp³-hybridized carbons (Fsp3) is 0.143. The maximum atomic E-state index is 9.14. The van der Waals surface area contributed by atoms with Gasteiger partial charge in [0.25, 0.3) is 0 Å². The van der Waals surface area contributed by atoms with Crippen molar-refractivity contribution in [3.05, 3.63) is 51.6 Å². The summed E-state index contributed by atoms with van der Waals surface area (Å²) in [4.78, 5) is 4.27.